The highest BCUT2D eigenvalue weighted by molar-refractivity contribution is 5.94. The molecule has 11 nitrogen and oxygen atoms in total. The molecule has 2 aromatic carbocycles. The number of alkyl carbamates (subject to hydrolysis) is 1. The Morgan fingerprint density at radius 1 is 0.940 bits per heavy atom. The van der Waals surface area contributed by atoms with Crippen molar-refractivity contribution >= 4 is 18.1 Å². The third-order valence-electron chi connectivity index (χ3n) is 6.94. The molecule has 13 heteroatoms. The van der Waals surface area contributed by atoms with Gasteiger partial charge in [-0.2, -0.15) is 0 Å². The normalized spacial score (nSPS) is 12.3. The molecule has 0 aliphatic rings. The molecule has 0 fully saturated rings. The van der Waals surface area contributed by atoms with Crippen LogP contribution in [0.15, 0.2) is 71.7 Å². The highest BCUT2D eigenvalue weighted by Crippen LogP contribution is 2.21. The number of hydrogen-bond donors (Lipinski definition) is 2. The average molecular weight is 697 g/mol. The van der Waals surface area contributed by atoms with Crippen molar-refractivity contribution < 1.29 is 37.4 Å². The lowest BCUT2D eigenvalue weighted by Gasteiger charge is -2.34. The van der Waals surface area contributed by atoms with Crippen LogP contribution in [0.3, 0.4) is 0 Å². The number of rotatable bonds is 12. The number of halogens is 2. The SMILES string of the molecule is Cc1c(OCc2ccccc2)c(=O)c(C(=O)NCc2ccc(F)cc2F)cn1N(C(=O)OC(C)(C)C)[C@@H](C)C/C=C\CNC(=O)OC(C)(C)C. The number of nitrogens with one attached hydrogen (secondary N) is 2. The van der Waals surface area contributed by atoms with Crippen LogP contribution in [0.2, 0.25) is 0 Å². The standard InChI is InChI=1S/C37H46F2N4O7/c1-24(14-12-13-19-40-34(46)49-36(3,4)5)43(35(47)50-37(6,7)8)42-22-29(33(45)41-21-27-17-18-28(38)20-30(27)39)31(44)32(25(42)2)48-23-26-15-10-9-11-16-26/h9-13,15-18,20,22,24H,14,19,21,23H2,1-8H3,(H,40,46)(H,41,45)/b13-12-/t24-/m0/s1. The van der Waals surface area contributed by atoms with Gasteiger partial charge in [0.2, 0.25) is 5.43 Å². The minimum atomic E-state index is -0.902. The van der Waals surface area contributed by atoms with Gasteiger partial charge >= 0.3 is 12.2 Å². The van der Waals surface area contributed by atoms with Crippen LogP contribution < -0.4 is 25.8 Å². The minimum Gasteiger partial charge on any atom is -0.483 e. The molecule has 0 bridgehead atoms. The number of pyridine rings is 1. The first-order chi connectivity index (χ1) is 23.4. The van der Waals surface area contributed by atoms with Crippen LogP contribution in [-0.2, 0) is 22.6 Å². The minimum absolute atomic E-state index is 0.00434. The third kappa shape index (κ3) is 11.7. The van der Waals surface area contributed by atoms with Crippen molar-refractivity contribution in [1.29, 1.82) is 0 Å². The molecule has 3 amide bonds. The Morgan fingerprint density at radius 2 is 1.60 bits per heavy atom. The highest BCUT2D eigenvalue weighted by atomic mass is 19.1. The van der Waals surface area contributed by atoms with Crippen LogP contribution >= 0.6 is 0 Å². The molecule has 1 aromatic heterocycles. The maximum absolute atomic E-state index is 14.3. The van der Waals surface area contributed by atoms with E-state index in [2.05, 4.69) is 10.6 Å². The predicted molar refractivity (Wildman–Crippen MR) is 186 cm³/mol. The molecule has 0 aliphatic heterocycles. The van der Waals surface area contributed by atoms with Gasteiger partial charge in [0.05, 0.1) is 11.7 Å². The van der Waals surface area contributed by atoms with E-state index in [0.29, 0.717) is 6.07 Å². The van der Waals surface area contributed by atoms with Gasteiger partial charge in [-0.15, -0.1) is 0 Å². The molecule has 0 spiro atoms. The van der Waals surface area contributed by atoms with Gasteiger partial charge in [0.15, 0.2) is 5.75 Å². The summed E-state index contributed by atoms with van der Waals surface area (Å²) in [7, 11) is 0. The topological polar surface area (TPSA) is 128 Å². The van der Waals surface area contributed by atoms with Crippen molar-refractivity contribution in [3.05, 3.63) is 111 Å². The van der Waals surface area contributed by atoms with Crippen molar-refractivity contribution in [2.45, 2.75) is 92.2 Å². The first-order valence-corrected chi connectivity index (χ1v) is 16.2. The summed E-state index contributed by atoms with van der Waals surface area (Å²) in [6, 6.07) is 11.4. The number of nitrogens with zero attached hydrogens (tertiary/aromatic N) is 2. The van der Waals surface area contributed by atoms with Crippen molar-refractivity contribution in [3.63, 3.8) is 0 Å². The smallest absolute Gasteiger partial charge is 0.429 e. The van der Waals surface area contributed by atoms with Crippen LogP contribution in [0, 0.1) is 18.6 Å². The Labute approximate surface area is 291 Å². The Hall–Kier alpha value is -5.20. The number of carbonyl (C=O) groups excluding carboxylic acids is 3. The highest BCUT2D eigenvalue weighted by Gasteiger charge is 2.31. The van der Waals surface area contributed by atoms with E-state index in [-0.39, 0.29) is 48.7 Å². The molecule has 270 valence electrons. The fourth-order valence-corrected chi connectivity index (χ4v) is 4.61. The summed E-state index contributed by atoms with van der Waals surface area (Å²) in [6.07, 6.45) is 3.59. The van der Waals surface area contributed by atoms with E-state index in [9.17, 15) is 28.0 Å². The Balaban J connectivity index is 2.02. The molecular formula is C37H46F2N4O7. The Kier molecular flexibility index (Phi) is 13.3. The summed E-state index contributed by atoms with van der Waals surface area (Å²) in [4.78, 5) is 53.1. The van der Waals surface area contributed by atoms with E-state index in [1.54, 1.807) is 79.7 Å². The monoisotopic (exact) mass is 696 g/mol. The van der Waals surface area contributed by atoms with E-state index in [1.807, 2.05) is 18.2 Å². The molecule has 0 saturated carbocycles. The molecule has 0 radical (unpaired) electrons. The third-order valence-corrected chi connectivity index (χ3v) is 6.94. The Morgan fingerprint density at radius 3 is 2.22 bits per heavy atom. The molecule has 0 saturated heterocycles. The van der Waals surface area contributed by atoms with Crippen LogP contribution in [0.1, 0.15) is 82.1 Å². The molecule has 2 N–H and O–H groups in total. The molecule has 1 atom stereocenters. The van der Waals surface area contributed by atoms with Crippen molar-refractivity contribution in [2.24, 2.45) is 0 Å². The van der Waals surface area contributed by atoms with E-state index in [4.69, 9.17) is 14.2 Å². The second kappa shape index (κ2) is 17.0. The molecule has 50 heavy (non-hydrogen) atoms. The van der Waals surface area contributed by atoms with Gasteiger partial charge in [-0.1, -0.05) is 48.6 Å². The van der Waals surface area contributed by atoms with Gasteiger partial charge in [0.1, 0.15) is 35.0 Å². The maximum Gasteiger partial charge on any atom is 0.429 e. The molecular weight excluding hydrogens is 650 g/mol. The number of aromatic nitrogens is 1. The van der Waals surface area contributed by atoms with Gasteiger partial charge in [0, 0.05) is 30.9 Å². The summed E-state index contributed by atoms with van der Waals surface area (Å²) in [5.74, 6) is -2.70. The maximum atomic E-state index is 14.3. The quantitative estimate of drug-likeness (QED) is 0.202. The number of hydrogen-bond acceptors (Lipinski definition) is 7. The van der Waals surface area contributed by atoms with Crippen LogP contribution in [-0.4, -0.2) is 46.6 Å². The van der Waals surface area contributed by atoms with Crippen LogP contribution in [0.25, 0.3) is 0 Å². The fraction of sp³-hybridized carbons (Fsp3) is 0.405. The van der Waals surface area contributed by atoms with E-state index >= 15 is 0 Å². The second-order valence-electron chi connectivity index (χ2n) is 13.6. The molecule has 1 heterocycles. The van der Waals surface area contributed by atoms with Crippen molar-refractivity contribution in [3.8, 4) is 5.75 Å². The summed E-state index contributed by atoms with van der Waals surface area (Å²) in [5, 5.41) is 6.40. The zero-order chi connectivity index (χ0) is 37.2. The Bertz CT molecular complexity index is 1750. The van der Waals surface area contributed by atoms with Gasteiger partial charge in [0.25, 0.3) is 5.91 Å². The first kappa shape index (κ1) is 39.2. The van der Waals surface area contributed by atoms with E-state index in [0.717, 1.165) is 11.6 Å². The summed E-state index contributed by atoms with van der Waals surface area (Å²) >= 11 is 0. The van der Waals surface area contributed by atoms with Crippen molar-refractivity contribution in [2.75, 3.05) is 11.6 Å². The van der Waals surface area contributed by atoms with Gasteiger partial charge in [-0.05, 0) is 73.4 Å². The zero-order valence-electron chi connectivity index (χ0n) is 29.8. The lowest BCUT2D eigenvalue weighted by molar-refractivity contribution is 0.0513. The second-order valence-corrected chi connectivity index (χ2v) is 13.6. The first-order valence-electron chi connectivity index (χ1n) is 16.2. The number of ether oxygens (including phenoxy) is 3. The molecule has 0 aliphatic carbocycles. The largest absolute Gasteiger partial charge is 0.483 e. The number of carbonyl (C=O) groups is 3. The van der Waals surface area contributed by atoms with Crippen molar-refractivity contribution in [1.82, 2.24) is 15.3 Å². The van der Waals surface area contributed by atoms with Gasteiger partial charge in [-0.3, -0.25) is 14.3 Å². The fourth-order valence-electron chi connectivity index (χ4n) is 4.61. The predicted octanol–water partition coefficient (Wildman–Crippen LogP) is 6.68. The van der Waals surface area contributed by atoms with E-state index < -0.39 is 52.4 Å². The van der Waals surface area contributed by atoms with E-state index in [1.165, 1.54) is 21.9 Å². The molecule has 3 aromatic rings. The summed E-state index contributed by atoms with van der Waals surface area (Å²) in [6.45, 7) is 13.5. The average Bonchev–Trinajstić information content (AvgIpc) is 3.00. The zero-order valence-corrected chi connectivity index (χ0v) is 29.8. The lowest BCUT2D eigenvalue weighted by atomic mass is 10.1. The summed E-state index contributed by atoms with van der Waals surface area (Å²) < 4.78 is 46.1. The van der Waals surface area contributed by atoms with Crippen LogP contribution in [0.4, 0.5) is 18.4 Å². The van der Waals surface area contributed by atoms with Gasteiger partial charge in [-0.25, -0.2) is 23.4 Å². The lowest BCUT2D eigenvalue weighted by Crippen LogP contribution is -2.50. The number of benzene rings is 2. The molecule has 3 rings (SSSR count). The number of amides is 3. The summed E-state index contributed by atoms with van der Waals surface area (Å²) in [5.41, 5.74) is -1.73. The van der Waals surface area contributed by atoms with Gasteiger partial charge < -0.3 is 24.8 Å². The van der Waals surface area contributed by atoms with Crippen LogP contribution in [0.5, 0.6) is 5.75 Å². The molecule has 0 unspecified atom stereocenters.